The van der Waals surface area contributed by atoms with Gasteiger partial charge >= 0.3 is 0 Å². The Morgan fingerprint density at radius 3 is 2.50 bits per heavy atom. The van der Waals surface area contributed by atoms with Crippen molar-refractivity contribution >= 4 is 34.2 Å². The van der Waals surface area contributed by atoms with Crippen LogP contribution in [0.3, 0.4) is 0 Å². The van der Waals surface area contributed by atoms with Crippen LogP contribution in [0.25, 0.3) is 28.3 Å². The second kappa shape index (κ2) is 12.4. The lowest BCUT2D eigenvalue weighted by Gasteiger charge is -2.37. The predicted molar refractivity (Wildman–Crippen MR) is 170 cm³/mol. The second-order valence-corrected chi connectivity index (χ2v) is 10.7. The summed E-state index contributed by atoms with van der Waals surface area (Å²) in [7, 11) is 3.23. The van der Waals surface area contributed by atoms with Crippen LogP contribution in [0, 0.1) is 0 Å². The van der Waals surface area contributed by atoms with E-state index in [1.807, 2.05) is 53.4 Å². The fourth-order valence-corrected chi connectivity index (χ4v) is 5.74. The van der Waals surface area contributed by atoms with E-state index in [1.54, 1.807) is 43.5 Å². The summed E-state index contributed by atoms with van der Waals surface area (Å²) in [5.74, 6) is 2.18. The lowest BCUT2D eigenvalue weighted by molar-refractivity contribution is -0.134. The molecule has 1 aliphatic rings. The van der Waals surface area contributed by atoms with E-state index in [1.165, 1.54) is 4.52 Å². The number of rotatable bonds is 10. The number of nitrogens with two attached hydrogens (primary N) is 1. The number of furan rings is 1. The van der Waals surface area contributed by atoms with Gasteiger partial charge in [0.1, 0.15) is 18.1 Å². The van der Waals surface area contributed by atoms with E-state index >= 15 is 0 Å². The van der Waals surface area contributed by atoms with E-state index in [0.29, 0.717) is 79.0 Å². The smallest absolute Gasteiger partial charge is 0.252 e. The maximum Gasteiger partial charge on any atom is 0.252 e. The Morgan fingerprint density at radius 2 is 1.76 bits per heavy atom. The number of carbonyl (C=O) groups excluding carboxylic acids is 1. The number of nitrogens with zero attached hydrogens (tertiary/aromatic N) is 8. The Morgan fingerprint density at radius 1 is 0.957 bits per heavy atom. The summed E-state index contributed by atoms with van der Waals surface area (Å²) in [6.45, 7) is 3.39. The van der Waals surface area contributed by atoms with Gasteiger partial charge in [0.05, 0.1) is 31.6 Å². The first-order valence-corrected chi connectivity index (χ1v) is 14.9. The van der Waals surface area contributed by atoms with Gasteiger partial charge in [0.2, 0.25) is 11.8 Å². The molecule has 6 aromatic rings. The summed E-state index contributed by atoms with van der Waals surface area (Å²) in [5, 5.41) is 9.76. The molecule has 5 heterocycles. The van der Waals surface area contributed by atoms with E-state index < -0.39 is 6.04 Å². The maximum absolute atomic E-state index is 14.5. The van der Waals surface area contributed by atoms with Gasteiger partial charge in [-0.05, 0) is 42.5 Å². The standard InChI is InChI=1S/C32H33N9O5/c1-43-18-19-45-22-11-9-21(10-12-22)38-13-15-39(16-14-38)31(42)27(23-6-3-4-7-25(23)44-2)40-30-24(20-34-40)29-35-28(26-8-5-17-46-26)37-41(29)32(33)36-30/h3-12,17,20,27H,13-16,18-19H2,1-2H3,(H2,33,36)/t27-/m1/s1. The van der Waals surface area contributed by atoms with Gasteiger partial charge in [0.15, 0.2) is 23.1 Å². The number of fused-ring (bicyclic) bond motifs is 3. The molecule has 0 saturated carbocycles. The lowest BCUT2D eigenvalue weighted by Crippen LogP contribution is -2.51. The van der Waals surface area contributed by atoms with Gasteiger partial charge in [-0.2, -0.15) is 14.6 Å². The van der Waals surface area contributed by atoms with Crippen molar-refractivity contribution in [3.05, 3.63) is 78.7 Å². The molecule has 0 radical (unpaired) electrons. The normalized spacial score (nSPS) is 14.2. The molecule has 0 bridgehead atoms. The Labute approximate surface area is 263 Å². The van der Waals surface area contributed by atoms with Crippen LogP contribution in [0.4, 0.5) is 11.6 Å². The fraction of sp³-hybridized carbons (Fsp3) is 0.281. The number of piperazine rings is 1. The van der Waals surface area contributed by atoms with Crippen LogP contribution < -0.4 is 20.1 Å². The third kappa shape index (κ3) is 5.32. The Hall–Kier alpha value is -5.63. The zero-order valence-corrected chi connectivity index (χ0v) is 25.4. The highest BCUT2D eigenvalue weighted by molar-refractivity contribution is 5.93. The summed E-state index contributed by atoms with van der Waals surface area (Å²) in [6, 6.07) is 18.1. The predicted octanol–water partition coefficient (Wildman–Crippen LogP) is 3.29. The number of aromatic nitrogens is 6. The zero-order chi connectivity index (χ0) is 31.6. The molecule has 1 saturated heterocycles. The molecule has 2 aromatic carbocycles. The summed E-state index contributed by atoms with van der Waals surface area (Å²) in [5.41, 5.74) is 8.96. The molecule has 1 aliphatic heterocycles. The molecule has 2 N–H and O–H groups in total. The molecule has 1 amide bonds. The monoisotopic (exact) mass is 623 g/mol. The largest absolute Gasteiger partial charge is 0.496 e. The van der Waals surface area contributed by atoms with Crippen LogP contribution in [0.15, 0.2) is 77.5 Å². The Kier molecular flexibility index (Phi) is 7.84. The molecule has 236 valence electrons. The first-order valence-electron chi connectivity index (χ1n) is 14.9. The van der Waals surface area contributed by atoms with E-state index in [2.05, 4.69) is 25.1 Å². The summed E-state index contributed by atoms with van der Waals surface area (Å²) in [6.07, 6.45) is 3.18. The second-order valence-electron chi connectivity index (χ2n) is 10.7. The van der Waals surface area contributed by atoms with Crippen LogP contribution >= 0.6 is 0 Å². The SMILES string of the molecule is COCCOc1ccc(N2CCN(C(=O)[C@@H](c3ccccc3OC)n3ncc4c3nc(N)n3nc(-c5ccco5)nc43)CC2)cc1. The molecule has 0 aliphatic carbocycles. The minimum atomic E-state index is -0.870. The molecular formula is C32H33N9O5. The van der Waals surface area contributed by atoms with Crippen molar-refractivity contribution in [3.63, 3.8) is 0 Å². The van der Waals surface area contributed by atoms with Crippen LogP contribution in [0.1, 0.15) is 11.6 Å². The van der Waals surface area contributed by atoms with Crippen molar-refractivity contribution < 1.29 is 23.4 Å². The van der Waals surface area contributed by atoms with E-state index in [4.69, 9.17) is 24.4 Å². The van der Waals surface area contributed by atoms with Gasteiger partial charge in [0, 0.05) is 44.5 Å². The van der Waals surface area contributed by atoms with Gasteiger partial charge in [-0.3, -0.25) is 4.79 Å². The van der Waals surface area contributed by atoms with Crippen molar-refractivity contribution in [1.29, 1.82) is 0 Å². The molecule has 1 atom stereocenters. The maximum atomic E-state index is 14.5. The quantitative estimate of drug-likeness (QED) is 0.224. The molecule has 7 rings (SSSR count). The topological polar surface area (TPSA) is 151 Å². The molecule has 14 heteroatoms. The van der Waals surface area contributed by atoms with E-state index in [0.717, 1.165) is 11.4 Å². The van der Waals surface area contributed by atoms with Crippen LogP contribution in [0.5, 0.6) is 11.5 Å². The van der Waals surface area contributed by atoms with Gasteiger partial charge in [0.25, 0.3) is 5.91 Å². The third-order valence-corrected chi connectivity index (χ3v) is 8.06. The van der Waals surface area contributed by atoms with Crippen LogP contribution in [0.2, 0.25) is 0 Å². The van der Waals surface area contributed by atoms with Crippen molar-refractivity contribution in [2.45, 2.75) is 6.04 Å². The molecule has 1 fully saturated rings. The number of amides is 1. The van der Waals surface area contributed by atoms with E-state index in [9.17, 15) is 4.79 Å². The van der Waals surface area contributed by atoms with Crippen LogP contribution in [-0.2, 0) is 9.53 Å². The number of hydrogen-bond donors (Lipinski definition) is 1. The molecular weight excluding hydrogens is 590 g/mol. The number of ether oxygens (including phenoxy) is 3. The van der Waals surface area contributed by atoms with Crippen molar-refractivity contribution in [2.24, 2.45) is 0 Å². The zero-order valence-electron chi connectivity index (χ0n) is 25.4. The molecule has 0 spiro atoms. The fourth-order valence-electron chi connectivity index (χ4n) is 5.74. The highest BCUT2D eigenvalue weighted by atomic mass is 16.5. The third-order valence-electron chi connectivity index (χ3n) is 8.06. The van der Waals surface area contributed by atoms with Crippen LogP contribution in [-0.4, -0.2) is 93.8 Å². The van der Waals surface area contributed by atoms with Crippen molar-refractivity contribution in [1.82, 2.24) is 34.3 Å². The highest BCUT2D eigenvalue weighted by Gasteiger charge is 2.34. The molecule has 14 nitrogen and oxygen atoms in total. The number of nitrogen functional groups attached to an aromatic ring is 1. The number of carbonyl (C=O) groups is 1. The van der Waals surface area contributed by atoms with E-state index in [-0.39, 0.29) is 11.9 Å². The minimum absolute atomic E-state index is 0.101. The lowest BCUT2D eigenvalue weighted by atomic mass is 10.0. The van der Waals surface area contributed by atoms with Gasteiger partial charge in [-0.15, -0.1) is 5.10 Å². The number of anilines is 2. The number of benzene rings is 2. The number of methoxy groups -OCH3 is 2. The van der Waals surface area contributed by atoms with Gasteiger partial charge in [-0.1, -0.05) is 18.2 Å². The average Bonchev–Trinajstić information content (AvgIpc) is 3.87. The van der Waals surface area contributed by atoms with Gasteiger partial charge in [-0.25, -0.2) is 9.67 Å². The van der Waals surface area contributed by atoms with Crippen molar-refractivity contribution in [2.75, 3.05) is 64.2 Å². The molecule has 4 aromatic heterocycles. The molecule has 0 unspecified atom stereocenters. The summed E-state index contributed by atoms with van der Waals surface area (Å²) >= 11 is 0. The average molecular weight is 624 g/mol. The summed E-state index contributed by atoms with van der Waals surface area (Å²) < 4.78 is 25.0. The number of hydrogen-bond acceptors (Lipinski definition) is 11. The first-order chi connectivity index (χ1) is 22.6. The molecule has 46 heavy (non-hydrogen) atoms. The minimum Gasteiger partial charge on any atom is -0.496 e. The Bertz CT molecular complexity index is 1960. The van der Waals surface area contributed by atoms with Gasteiger partial charge < -0.3 is 34.2 Å². The number of para-hydroxylation sites is 1. The Balaban J connectivity index is 1.19. The summed E-state index contributed by atoms with van der Waals surface area (Å²) in [4.78, 5) is 27.9. The van der Waals surface area contributed by atoms with Crippen molar-refractivity contribution in [3.8, 4) is 23.1 Å². The first kappa shape index (κ1) is 29.1. The highest BCUT2D eigenvalue weighted by Crippen LogP contribution is 2.33.